The summed E-state index contributed by atoms with van der Waals surface area (Å²) in [5.41, 5.74) is 0.264. The third-order valence-corrected chi connectivity index (χ3v) is 3.75. The highest BCUT2D eigenvalue weighted by molar-refractivity contribution is 7.89. The molecule has 0 aliphatic heterocycles. The molecule has 0 bridgehead atoms. The molecule has 8 heteroatoms. The van der Waals surface area contributed by atoms with Crippen LogP contribution in [0.25, 0.3) is 0 Å². The quantitative estimate of drug-likeness (QED) is 0.670. The van der Waals surface area contributed by atoms with E-state index in [1.165, 1.54) is 31.3 Å². The lowest BCUT2D eigenvalue weighted by Gasteiger charge is -2.05. The van der Waals surface area contributed by atoms with E-state index in [9.17, 15) is 18.0 Å². The molecular weight excluding hydrogens is 272 g/mol. The van der Waals surface area contributed by atoms with Gasteiger partial charge in [-0.3, -0.25) is 9.59 Å². The summed E-state index contributed by atoms with van der Waals surface area (Å²) in [6.07, 6.45) is -0.169. The van der Waals surface area contributed by atoms with Gasteiger partial charge in [0.1, 0.15) is 0 Å². The molecule has 7 nitrogen and oxygen atoms in total. The van der Waals surface area contributed by atoms with Gasteiger partial charge >= 0.3 is 5.97 Å². The van der Waals surface area contributed by atoms with Gasteiger partial charge in [0.15, 0.2) is 0 Å². The molecule has 1 aromatic rings. The molecule has 0 fully saturated rings. The molecule has 0 aliphatic rings. The number of sulfonamides is 1. The number of aliphatic carboxylic acids is 1. The van der Waals surface area contributed by atoms with E-state index in [0.717, 1.165) is 0 Å². The molecule has 0 aromatic heterocycles. The van der Waals surface area contributed by atoms with Crippen molar-refractivity contribution in [2.24, 2.45) is 0 Å². The van der Waals surface area contributed by atoms with Gasteiger partial charge in [-0.1, -0.05) is 0 Å². The van der Waals surface area contributed by atoms with Crippen molar-refractivity contribution >= 4 is 21.9 Å². The van der Waals surface area contributed by atoms with E-state index in [1.807, 2.05) is 0 Å². The van der Waals surface area contributed by atoms with Crippen LogP contribution in [0.15, 0.2) is 29.2 Å². The number of hydrogen-bond donors (Lipinski definition) is 3. The van der Waals surface area contributed by atoms with Crippen LogP contribution in [-0.2, 0) is 14.8 Å². The van der Waals surface area contributed by atoms with Crippen LogP contribution < -0.4 is 10.0 Å². The number of hydrogen-bond acceptors (Lipinski definition) is 4. The average Bonchev–Trinajstić information content (AvgIpc) is 2.38. The second-order valence-electron chi connectivity index (χ2n) is 3.63. The number of rotatable bonds is 6. The minimum Gasteiger partial charge on any atom is -0.481 e. The summed E-state index contributed by atoms with van der Waals surface area (Å²) in [7, 11) is -2.23. The molecule has 0 heterocycles. The van der Waals surface area contributed by atoms with Crippen molar-refractivity contribution in [2.45, 2.75) is 11.3 Å². The number of carbonyl (C=O) groups is 2. The fourth-order valence-electron chi connectivity index (χ4n) is 1.29. The zero-order chi connectivity index (χ0) is 14.5. The van der Waals surface area contributed by atoms with Gasteiger partial charge in [-0.2, -0.15) is 0 Å². The summed E-state index contributed by atoms with van der Waals surface area (Å²) in [6.45, 7) is 0.0186. The Morgan fingerprint density at radius 3 is 2.26 bits per heavy atom. The third kappa shape index (κ3) is 4.34. The first-order chi connectivity index (χ1) is 8.86. The second kappa shape index (κ2) is 6.30. The van der Waals surface area contributed by atoms with E-state index in [4.69, 9.17) is 5.11 Å². The van der Waals surface area contributed by atoms with Crippen LogP contribution in [0, 0.1) is 0 Å². The Morgan fingerprint density at radius 2 is 1.79 bits per heavy atom. The molecule has 3 N–H and O–H groups in total. The minimum absolute atomic E-state index is 0.0186. The number of nitrogens with one attached hydrogen (secondary N) is 2. The average molecular weight is 286 g/mol. The van der Waals surface area contributed by atoms with Gasteiger partial charge < -0.3 is 10.4 Å². The molecule has 104 valence electrons. The van der Waals surface area contributed by atoms with E-state index in [1.54, 1.807) is 0 Å². The van der Waals surface area contributed by atoms with Gasteiger partial charge in [0.05, 0.1) is 11.3 Å². The van der Waals surface area contributed by atoms with Crippen LogP contribution in [0.4, 0.5) is 0 Å². The van der Waals surface area contributed by atoms with E-state index in [2.05, 4.69) is 10.0 Å². The Bertz CT molecular complexity index is 565. The summed E-state index contributed by atoms with van der Waals surface area (Å²) in [5.74, 6) is -1.45. The fraction of sp³-hybridized carbons (Fsp3) is 0.273. The Labute approximate surface area is 110 Å². The fourth-order valence-corrected chi connectivity index (χ4v) is 2.02. The Kier molecular flexibility index (Phi) is 5.02. The topological polar surface area (TPSA) is 113 Å². The van der Waals surface area contributed by atoms with E-state index in [-0.39, 0.29) is 23.4 Å². The van der Waals surface area contributed by atoms with Gasteiger partial charge in [0.2, 0.25) is 10.0 Å². The van der Waals surface area contributed by atoms with Crippen LogP contribution in [0.2, 0.25) is 0 Å². The molecule has 1 aromatic carbocycles. The van der Waals surface area contributed by atoms with Gasteiger partial charge in [-0.25, -0.2) is 13.1 Å². The first-order valence-corrected chi connectivity index (χ1v) is 6.89. The molecule has 1 amide bonds. The van der Waals surface area contributed by atoms with E-state index in [0.29, 0.717) is 0 Å². The van der Waals surface area contributed by atoms with Crippen LogP contribution in [0.5, 0.6) is 0 Å². The molecule has 19 heavy (non-hydrogen) atoms. The first kappa shape index (κ1) is 15.1. The van der Waals surface area contributed by atoms with Crippen LogP contribution in [-0.4, -0.2) is 39.0 Å². The highest BCUT2D eigenvalue weighted by Gasteiger charge is 2.12. The smallest absolute Gasteiger partial charge is 0.305 e. The SMILES string of the molecule is CNS(=O)(=O)c1ccc(C(=O)NCCC(=O)O)cc1. The summed E-state index contributed by atoms with van der Waals surface area (Å²) >= 11 is 0. The largest absolute Gasteiger partial charge is 0.481 e. The molecule has 0 saturated carbocycles. The predicted octanol–water partition coefficient (Wildman–Crippen LogP) is -0.201. The number of amides is 1. The predicted molar refractivity (Wildman–Crippen MR) is 67.3 cm³/mol. The van der Waals surface area contributed by atoms with E-state index < -0.39 is 21.9 Å². The molecule has 0 radical (unpaired) electrons. The Morgan fingerprint density at radius 1 is 1.21 bits per heavy atom. The molecule has 0 spiro atoms. The maximum Gasteiger partial charge on any atom is 0.305 e. The summed E-state index contributed by atoms with van der Waals surface area (Å²) in [6, 6.07) is 5.33. The molecule has 0 unspecified atom stereocenters. The summed E-state index contributed by atoms with van der Waals surface area (Å²) < 4.78 is 25.1. The summed E-state index contributed by atoms with van der Waals surface area (Å²) in [4.78, 5) is 21.9. The maximum absolute atomic E-state index is 11.6. The molecule has 0 aliphatic carbocycles. The number of carboxylic acids is 1. The lowest BCUT2D eigenvalue weighted by atomic mass is 10.2. The number of carboxylic acid groups (broad SMARTS) is 1. The van der Waals surface area contributed by atoms with Gasteiger partial charge in [-0.05, 0) is 31.3 Å². The molecule has 0 atom stereocenters. The van der Waals surface area contributed by atoms with Crippen LogP contribution >= 0.6 is 0 Å². The Balaban J connectivity index is 2.71. The molecular formula is C11H14N2O5S. The first-order valence-electron chi connectivity index (χ1n) is 5.40. The van der Waals surface area contributed by atoms with Crippen molar-refractivity contribution in [3.63, 3.8) is 0 Å². The third-order valence-electron chi connectivity index (χ3n) is 2.32. The van der Waals surface area contributed by atoms with Gasteiger partial charge in [0, 0.05) is 12.1 Å². The van der Waals surface area contributed by atoms with Gasteiger partial charge in [0.25, 0.3) is 5.91 Å². The summed E-state index contributed by atoms with van der Waals surface area (Å²) in [5, 5.41) is 10.8. The van der Waals surface area contributed by atoms with Crippen molar-refractivity contribution in [1.29, 1.82) is 0 Å². The van der Waals surface area contributed by atoms with Crippen LogP contribution in [0.3, 0.4) is 0 Å². The van der Waals surface area contributed by atoms with E-state index >= 15 is 0 Å². The van der Waals surface area contributed by atoms with Crippen molar-refractivity contribution in [3.8, 4) is 0 Å². The monoisotopic (exact) mass is 286 g/mol. The lowest BCUT2D eigenvalue weighted by Crippen LogP contribution is -2.26. The van der Waals surface area contributed by atoms with Crippen molar-refractivity contribution in [1.82, 2.24) is 10.0 Å². The zero-order valence-corrected chi connectivity index (χ0v) is 11.0. The maximum atomic E-state index is 11.6. The van der Waals surface area contributed by atoms with Gasteiger partial charge in [-0.15, -0.1) is 0 Å². The molecule has 1 rings (SSSR count). The zero-order valence-electron chi connectivity index (χ0n) is 10.2. The minimum atomic E-state index is -3.53. The highest BCUT2D eigenvalue weighted by Crippen LogP contribution is 2.09. The number of benzene rings is 1. The van der Waals surface area contributed by atoms with Crippen molar-refractivity contribution in [3.05, 3.63) is 29.8 Å². The van der Waals surface area contributed by atoms with Crippen molar-refractivity contribution < 1.29 is 23.1 Å². The lowest BCUT2D eigenvalue weighted by molar-refractivity contribution is -0.136. The normalized spacial score (nSPS) is 11.0. The number of carbonyl (C=O) groups excluding carboxylic acids is 1. The standard InChI is InChI=1S/C11H14N2O5S/c1-12-19(17,18)9-4-2-8(3-5-9)11(16)13-7-6-10(14)15/h2-5,12H,6-7H2,1H3,(H,13,16)(H,14,15). The highest BCUT2D eigenvalue weighted by atomic mass is 32.2. The van der Waals surface area contributed by atoms with Crippen molar-refractivity contribution in [2.75, 3.05) is 13.6 Å². The second-order valence-corrected chi connectivity index (χ2v) is 5.52. The van der Waals surface area contributed by atoms with Crippen LogP contribution in [0.1, 0.15) is 16.8 Å². The molecule has 0 saturated heterocycles. The Hall–Kier alpha value is -1.93.